The molecule has 4 nitrogen and oxygen atoms in total. The summed E-state index contributed by atoms with van der Waals surface area (Å²) in [6.45, 7) is 4.16. The number of hydrogen-bond acceptors (Lipinski definition) is 3. The lowest BCUT2D eigenvalue weighted by molar-refractivity contribution is -0.123. The van der Waals surface area contributed by atoms with Crippen molar-refractivity contribution in [1.82, 2.24) is 5.32 Å². The maximum Gasteiger partial charge on any atom is 0.220 e. The van der Waals surface area contributed by atoms with Crippen LogP contribution in [0.5, 0.6) is 0 Å². The van der Waals surface area contributed by atoms with E-state index in [0.717, 1.165) is 38.5 Å². The Morgan fingerprint density at radius 1 is 0.632 bits per heavy atom. The van der Waals surface area contributed by atoms with Crippen LogP contribution in [0, 0.1) is 11.8 Å². The largest absolute Gasteiger partial charge is 0.394 e. The SMILES string of the molecule is CCC#CCCCCCCCCCCC[C@@H](O)[C@H](CO)NC(=O)CCCCCCCCCCCCCCC. The van der Waals surface area contributed by atoms with Gasteiger partial charge in [-0.15, -0.1) is 11.8 Å². The van der Waals surface area contributed by atoms with Crippen LogP contribution < -0.4 is 5.32 Å². The Morgan fingerprint density at radius 2 is 1.08 bits per heavy atom. The van der Waals surface area contributed by atoms with Crippen LogP contribution in [0.4, 0.5) is 0 Å². The van der Waals surface area contributed by atoms with Gasteiger partial charge in [0.25, 0.3) is 0 Å². The van der Waals surface area contributed by atoms with Crippen molar-refractivity contribution in [3.05, 3.63) is 0 Å². The summed E-state index contributed by atoms with van der Waals surface area (Å²) in [5.41, 5.74) is 0. The van der Waals surface area contributed by atoms with E-state index >= 15 is 0 Å². The van der Waals surface area contributed by atoms with Crippen LogP contribution in [0.25, 0.3) is 0 Å². The molecule has 0 radical (unpaired) electrons. The van der Waals surface area contributed by atoms with Gasteiger partial charge < -0.3 is 15.5 Å². The normalized spacial score (nSPS) is 12.6. The number of aliphatic hydroxyl groups is 2. The third kappa shape index (κ3) is 26.6. The quantitative estimate of drug-likeness (QED) is 0.0691. The molecule has 0 rings (SSSR count). The molecule has 2 atom stereocenters. The van der Waals surface area contributed by atoms with E-state index in [1.807, 2.05) is 0 Å². The highest BCUT2D eigenvalue weighted by Crippen LogP contribution is 2.15. The lowest BCUT2D eigenvalue weighted by Gasteiger charge is -2.22. The molecule has 0 aliphatic carbocycles. The maximum atomic E-state index is 12.3. The van der Waals surface area contributed by atoms with Crippen molar-refractivity contribution in [3.8, 4) is 11.8 Å². The number of carbonyl (C=O) groups is 1. The molecular formula is C34H65NO3. The molecule has 0 heterocycles. The highest BCUT2D eigenvalue weighted by atomic mass is 16.3. The summed E-state index contributed by atoms with van der Waals surface area (Å²) in [6, 6.07) is -0.536. The van der Waals surface area contributed by atoms with Gasteiger partial charge in [-0.3, -0.25) is 4.79 Å². The molecule has 0 aliphatic heterocycles. The summed E-state index contributed by atoms with van der Waals surface area (Å²) < 4.78 is 0. The highest BCUT2D eigenvalue weighted by Gasteiger charge is 2.19. The highest BCUT2D eigenvalue weighted by molar-refractivity contribution is 5.76. The zero-order valence-corrected chi connectivity index (χ0v) is 25.5. The van der Waals surface area contributed by atoms with Crippen molar-refractivity contribution < 1.29 is 15.0 Å². The Kier molecular flexibility index (Phi) is 29.6. The fraction of sp³-hybridized carbons (Fsp3) is 0.912. The van der Waals surface area contributed by atoms with Gasteiger partial charge in [0.05, 0.1) is 18.8 Å². The minimum absolute atomic E-state index is 0.0384. The molecule has 0 aromatic heterocycles. The third-order valence-electron chi connectivity index (χ3n) is 7.62. The van der Waals surface area contributed by atoms with Crippen LogP contribution in [-0.4, -0.2) is 34.9 Å². The van der Waals surface area contributed by atoms with E-state index in [1.54, 1.807) is 0 Å². The summed E-state index contributed by atoms with van der Waals surface area (Å²) in [5.74, 6) is 6.30. The number of aliphatic hydroxyl groups excluding tert-OH is 2. The van der Waals surface area contributed by atoms with Crippen molar-refractivity contribution in [2.75, 3.05) is 6.61 Å². The average Bonchev–Trinajstić information content (AvgIpc) is 2.92. The van der Waals surface area contributed by atoms with Crippen LogP contribution in [0.1, 0.15) is 181 Å². The van der Waals surface area contributed by atoms with Crippen molar-refractivity contribution in [2.45, 2.75) is 193 Å². The van der Waals surface area contributed by atoms with Crippen molar-refractivity contribution in [2.24, 2.45) is 0 Å². The zero-order valence-electron chi connectivity index (χ0n) is 25.5. The lowest BCUT2D eigenvalue weighted by atomic mass is 10.0. The van der Waals surface area contributed by atoms with Crippen LogP contribution in [0.3, 0.4) is 0 Å². The van der Waals surface area contributed by atoms with Gasteiger partial charge in [-0.2, -0.15) is 0 Å². The monoisotopic (exact) mass is 535 g/mol. The molecule has 3 N–H and O–H groups in total. The first-order valence-electron chi connectivity index (χ1n) is 16.7. The number of hydrogen-bond donors (Lipinski definition) is 3. The van der Waals surface area contributed by atoms with E-state index in [4.69, 9.17) is 0 Å². The first-order valence-corrected chi connectivity index (χ1v) is 16.7. The first-order chi connectivity index (χ1) is 18.7. The van der Waals surface area contributed by atoms with Crippen molar-refractivity contribution in [1.29, 1.82) is 0 Å². The average molecular weight is 536 g/mol. The third-order valence-corrected chi connectivity index (χ3v) is 7.62. The Labute approximate surface area is 237 Å². The van der Waals surface area contributed by atoms with Crippen LogP contribution in [0.15, 0.2) is 0 Å². The molecule has 224 valence electrons. The minimum Gasteiger partial charge on any atom is -0.394 e. The molecule has 0 unspecified atom stereocenters. The summed E-state index contributed by atoms with van der Waals surface area (Å²) in [6.07, 6.45) is 30.2. The molecular weight excluding hydrogens is 470 g/mol. The Morgan fingerprint density at radius 3 is 1.55 bits per heavy atom. The van der Waals surface area contributed by atoms with Gasteiger partial charge in [0.2, 0.25) is 5.91 Å². The number of rotatable bonds is 28. The van der Waals surface area contributed by atoms with Crippen molar-refractivity contribution in [3.63, 3.8) is 0 Å². The molecule has 1 amide bonds. The van der Waals surface area contributed by atoms with Gasteiger partial charge in [-0.1, -0.05) is 142 Å². The molecule has 0 aromatic carbocycles. The number of nitrogens with one attached hydrogen (secondary N) is 1. The van der Waals surface area contributed by atoms with Crippen molar-refractivity contribution >= 4 is 5.91 Å². The van der Waals surface area contributed by atoms with Crippen LogP contribution in [0.2, 0.25) is 0 Å². The molecule has 0 bridgehead atoms. The molecule has 38 heavy (non-hydrogen) atoms. The van der Waals surface area contributed by atoms with Crippen LogP contribution in [-0.2, 0) is 4.79 Å². The lowest BCUT2D eigenvalue weighted by Crippen LogP contribution is -2.45. The molecule has 4 heteroatoms. The summed E-state index contributed by atoms with van der Waals surface area (Å²) in [7, 11) is 0. The van der Waals surface area contributed by atoms with E-state index in [-0.39, 0.29) is 12.5 Å². The fourth-order valence-corrected chi connectivity index (χ4v) is 5.06. The molecule has 0 saturated carbocycles. The van der Waals surface area contributed by atoms with Gasteiger partial charge in [-0.25, -0.2) is 0 Å². The number of carbonyl (C=O) groups excluding carboxylic acids is 1. The van der Waals surface area contributed by atoms with E-state index in [9.17, 15) is 15.0 Å². The number of amides is 1. The van der Waals surface area contributed by atoms with Gasteiger partial charge in [-0.05, 0) is 19.3 Å². The Bertz CT molecular complexity index is 554. The van der Waals surface area contributed by atoms with E-state index < -0.39 is 12.1 Å². The van der Waals surface area contributed by atoms with Gasteiger partial charge >= 0.3 is 0 Å². The predicted molar refractivity (Wildman–Crippen MR) is 164 cm³/mol. The molecule has 0 saturated heterocycles. The second kappa shape index (κ2) is 30.5. The molecule has 0 fully saturated rings. The minimum atomic E-state index is -0.661. The molecule has 0 spiro atoms. The maximum absolute atomic E-state index is 12.3. The van der Waals surface area contributed by atoms with Gasteiger partial charge in [0.1, 0.15) is 0 Å². The summed E-state index contributed by atoms with van der Waals surface area (Å²) in [5, 5.41) is 22.9. The van der Waals surface area contributed by atoms with E-state index in [0.29, 0.717) is 12.8 Å². The topological polar surface area (TPSA) is 69.6 Å². The van der Waals surface area contributed by atoms with E-state index in [2.05, 4.69) is 31.0 Å². The van der Waals surface area contributed by atoms with E-state index in [1.165, 1.54) is 116 Å². The summed E-state index contributed by atoms with van der Waals surface area (Å²) >= 11 is 0. The number of unbranched alkanes of at least 4 members (excludes halogenated alkanes) is 21. The smallest absolute Gasteiger partial charge is 0.220 e. The Balaban J connectivity index is 3.57. The standard InChI is InChI=1S/C34H65NO3/c1-3-5-7-9-11-13-15-17-19-21-23-25-27-29-33(37)32(31-36)35-34(38)30-28-26-24-22-20-18-16-14-12-10-8-6-4-2/h32-33,36-37H,3-4,6,8-31H2,1-2H3,(H,35,38)/t32-,33+/m0/s1. The fourth-order valence-electron chi connectivity index (χ4n) is 5.06. The Hall–Kier alpha value is -1.05. The predicted octanol–water partition coefficient (Wildman–Crippen LogP) is 9.01. The summed E-state index contributed by atoms with van der Waals surface area (Å²) in [4.78, 5) is 12.3. The zero-order chi connectivity index (χ0) is 27.9. The second-order valence-corrected chi connectivity index (χ2v) is 11.3. The van der Waals surface area contributed by atoms with Gasteiger partial charge in [0, 0.05) is 19.3 Å². The van der Waals surface area contributed by atoms with Gasteiger partial charge in [0.15, 0.2) is 0 Å². The molecule has 0 aliphatic rings. The second-order valence-electron chi connectivity index (χ2n) is 11.3. The first kappa shape index (κ1) is 37.0. The molecule has 0 aromatic rings. The van der Waals surface area contributed by atoms with Crippen LogP contribution >= 0.6 is 0 Å².